The first kappa shape index (κ1) is 16.0. The second kappa shape index (κ2) is 7.62. The van der Waals surface area contributed by atoms with Crippen molar-refractivity contribution in [1.29, 1.82) is 0 Å². The van der Waals surface area contributed by atoms with Gasteiger partial charge in [0, 0.05) is 15.8 Å². The van der Waals surface area contributed by atoms with Gasteiger partial charge in [-0.3, -0.25) is 0 Å². The number of benzene rings is 1. The maximum atomic E-state index is 11.9. The number of urea groups is 1. The Labute approximate surface area is 140 Å². The molecule has 1 aliphatic rings. The quantitative estimate of drug-likeness (QED) is 0.785. The van der Waals surface area contributed by atoms with Crippen LogP contribution < -0.4 is 10.6 Å². The fourth-order valence-electron chi connectivity index (χ4n) is 2.91. The number of hydrogen-bond donors (Lipinski definition) is 3. The fraction of sp³-hybridized carbons (Fsp3) is 0.389. The molecule has 0 spiro atoms. The molecule has 1 aliphatic carbocycles. The third-order valence-corrected chi connectivity index (χ3v) is 5.32. The summed E-state index contributed by atoms with van der Waals surface area (Å²) in [5.41, 5.74) is 0.882. The molecule has 23 heavy (non-hydrogen) atoms. The zero-order chi connectivity index (χ0) is 16.1. The van der Waals surface area contributed by atoms with Crippen molar-refractivity contribution in [2.24, 2.45) is 0 Å². The summed E-state index contributed by atoms with van der Waals surface area (Å²) in [6.45, 7) is 0.491. The molecule has 1 fully saturated rings. The lowest BCUT2D eigenvalue weighted by Crippen LogP contribution is -2.40. The number of amides is 2. The van der Waals surface area contributed by atoms with Gasteiger partial charge in [-0.05, 0) is 30.5 Å². The highest BCUT2D eigenvalue weighted by atomic mass is 32.1. The highest BCUT2D eigenvalue weighted by molar-refractivity contribution is 7.12. The van der Waals surface area contributed by atoms with Crippen molar-refractivity contribution in [3.63, 3.8) is 0 Å². The molecule has 3 N–H and O–H groups in total. The molecule has 3 rings (SSSR count). The molecule has 1 heterocycles. The van der Waals surface area contributed by atoms with E-state index in [1.807, 2.05) is 42.5 Å². The molecule has 0 aliphatic heterocycles. The average Bonchev–Trinajstić information content (AvgIpc) is 3.25. The van der Waals surface area contributed by atoms with Crippen molar-refractivity contribution < 1.29 is 9.90 Å². The Morgan fingerprint density at radius 2 is 1.91 bits per heavy atom. The summed E-state index contributed by atoms with van der Waals surface area (Å²) >= 11 is 1.53. The monoisotopic (exact) mass is 330 g/mol. The van der Waals surface area contributed by atoms with Crippen molar-refractivity contribution in [3.05, 3.63) is 57.8 Å². The van der Waals surface area contributed by atoms with Gasteiger partial charge in [-0.2, -0.15) is 0 Å². The van der Waals surface area contributed by atoms with E-state index >= 15 is 0 Å². The SMILES string of the molecule is O=C(NCc1ccc([C@H](O)c2ccccc2)s1)NC1CCCC1. The summed E-state index contributed by atoms with van der Waals surface area (Å²) in [7, 11) is 0. The van der Waals surface area contributed by atoms with E-state index in [0.29, 0.717) is 12.6 Å². The number of nitrogens with one attached hydrogen (secondary N) is 2. The standard InChI is InChI=1S/C18H22N2O2S/c21-17(13-6-2-1-3-7-13)16-11-10-15(23-16)12-19-18(22)20-14-8-4-5-9-14/h1-3,6-7,10-11,14,17,21H,4-5,8-9,12H2,(H2,19,20,22)/t17-/m1/s1. The summed E-state index contributed by atoms with van der Waals surface area (Å²) in [5.74, 6) is 0. The second-order valence-electron chi connectivity index (χ2n) is 5.93. The Kier molecular flexibility index (Phi) is 5.31. The van der Waals surface area contributed by atoms with Crippen molar-refractivity contribution in [2.75, 3.05) is 0 Å². The minimum atomic E-state index is -0.609. The number of carbonyl (C=O) groups excluding carboxylic acids is 1. The fourth-order valence-corrected chi connectivity index (χ4v) is 3.88. The molecule has 0 saturated heterocycles. The molecular weight excluding hydrogens is 308 g/mol. The van der Waals surface area contributed by atoms with Crippen LogP contribution in [0, 0.1) is 0 Å². The number of rotatable bonds is 5. The van der Waals surface area contributed by atoms with E-state index in [1.165, 1.54) is 24.2 Å². The summed E-state index contributed by atoms with van der Waals surface area (Å²) in [5, 5.41) is 16.3. The number of carbonyl (C=O) groups is 1. The lowest BCUT2D eigenvalue weighted by atomic mass is 10.1. The largest absolute Gasteiger partial charge is 0.383 e. The first-order chi connectivity index (χ1) is 11.2. The molecule has 0 unspecified atom stereocenters. The normalized spacial score (nSPS) is 16.2. The van der Waals surface area contributed by atoms with Crippen molar-refractivity contribution in [2.45, 2.75) is 44.4 Å². The zero-order valence-corrected chi connectivity index (χ0v) is 13.8. The summed E-state index contributed by atoms with van der Waals surface area (Å²) in [4.78, 5) is 13.8. The van der Waals surface area contributed by atoms with Gasteiger partial charge in [-0.25, -0.2) is 4.79 Å². The van der Waals surface area contributed by atoms with Crippen LogP contribution >= 0.6 is 11.3 Å². The van der Waals surface area contributed by atoms with Crippen molar-refractivity contribution in [3.8, 4) is 0 Å². The van der Waals surface area contributed by atoms with Gasteiger partial charge < -0.3 is 15.7 Å². The maximum Gasteiger partial charge on any atom is 0.315 e. The molecule has 2 aromatic rings. The zero-order valence-electron chi connectivity index (χ0n) is 13.0. The van der Waals surface area contributed by atoms with E-state index in [2.05, 4.69) is 10.6 Å². The van der Waals surface area contributed by atoms with E-state index in [-0.39, 0.29) is 6.03 Å². The Hall–Kier alpha value is -1.85. The lowest BCUT2D eigenvalue weighted by molar-refractivity contribution is 0.224. The molecule has 4 nitrogen and oxygen atoms in total. The number of aliphatic hydroxyl groups excluding tert-OH is 1. The smallest absolute Gasteiger partial charge is 0.315 e. The van der Waals surface area contributed by atoms with Crippen LogP contribution in [0.2, 0.25) is 0 Å². The van der Waals surface area contributed by atoms with Gasteiger partial charge in [0.15, 0.2) is 0 Å². The summed E-state index contributed by atoms with van der Waals surface area (Å²) < 4.78 is 0. The Bertz CT molecular complexity index is 635. The third-order valence-electron chi connectivity index (χ3n) is 4.18. The topological polar surface area (TPSA) is 61.4 Å². The summed E-state index contributed by atoms with van der Waals surface area (Å²) in [6.07, 6.45) is 3.97. The molecule has 1 atom stereocenters. The van der Waals surface area contributed by atoms with E-state index < -0.39 is 6.10 Å². The van der Waals surface area contributed by atoms with Crippen LogP contribution in [-0.4, -0.2) is 17.2 Å². The Balaban J connectivity index is 1.52. The van der Waals surface area contributed by atoms with Crippen LogP contribution in [0.1, 0.15) is 47.1 Å². The second-order valence-corrected chi connectivity index (χ2v) is 7.13. The van der Waals surface area contributed by atoms with E-state index in [0.717, 1.165) is 28.2 Å². The number of thiophene rings is 1. The van der Waals surface area contributed by atoms with Crippen LogP contribution in [-0.2, 0) is 6.54 Å². The predicted molar refractivity (Wildman–Crippen MR) is 92.5 cm³/mol. The number of aliphatic hydroxyl groups is 1. The molecule has 1 aromatic carbocycles. The van der Waals surface area contributed by atoms with Crippen molar-refractivity contribution >= 4 is 17.4 Å². The molecule has 0 radical (unpaired) electrons. The van der Waals surface area contributed by atoms with E-state index in [1.54, 1.807) is 0 Å². The third kappa shape index (κ3) is 4.33. The van der Waals surface area contributed by atoms with Crippen LogP contribution in [0.25, 0.3) is 0 Å². The lowest BCUT2D eigenvalue weighted by Gasteiger charge is -2.12. The highest BCUT2D eigenvalue weighted by Crippen LogP contribution is 2.28. The molecule has 2 amide bonds. The Morgan fingerprint density at radius 1 is 1.17 bits per heavy atom. The Morgan fingerprint density at radius 3 is 2.65 bits per heavy atom. The predicted octanol–water partition coefficient (Wildman–Crippen LogP) is 3.57. The van der Waals surface area contributed by atoms with Gasteiger partial charge in [0.1, 0.15) is 6.10 Å². The maximum absolute atomic E-state index is 11.9. The van der Waals surface area contributed by atoms with Crippen LogP contribution in [0.15, 0.2) is 42.5 Å². The highest BCUT2D eigenvalue weighted by Gasteiger charge is 2.17. The minimum Gasteiger partial charge on any atom is -0.383 e. The molecular formula is C18H22N2O2S. The minimum absolute atomic E-state index is 0.101. The van der Waals surface area contributed by atoms with Crippen LogP contribution in [0.4, 0.5) is 4.79 Å². The van der Waals surface area contributed by atoms with Crippen LogP contribution in [0.3, 0.4) is 0 Å². The van der Waals surface area contributed by atoms with Gasteiger partial charge in [0.2, 0.25) is 0 Å². The van der Waals surface area contributed by atoms with Gasteiger partial charge in [-0.1, -0.05) is 43.2 Å². The van der Waals surface area contributed by atoms with Gasteiger partial charge in [-0.15, -0.1) is 11.3 Å². The number of hydrogen-bond acceptors (Lipinski definition) is 3. The molecule has 122 valence electrons. The van der Waals surface area contributed by atoms with Gasteiger partial charge in [0.25, 0.3) is 0 Å². The molecule has 0 bridgehead atoms. The molecule has 1 aromatic heterocycles. The van der Waals surface area contributed by atoms with E-state index in [4.69, 9.17) is 0 Å². The molecule has 1 saturated carbocycles. The van der Waals surface area contributed by atoms with Gasteiger partial charge in [0.05, 0.1) is 6.54 Å². The summed E-state index contributed by atoms with van der Waals surface area (Å²) in [6, 6.07) is 13.7. The average molecular weight is 330 g/mol. The molecule has 5 heteroatoms. The van der Waals surface area contributed by atoms with Crippen molar-refractivity contribution in [1.82, 2.24) is 10.6 Å². The van der Waals surface area contributed by atoms with E-state index in [9.17, 15) is 9.90 Å². The van der Waals surface area contributed by atoms with Gasteiger partial charge >= 0.3 is 6.03 Å². The van der Waals surface area contributed by atoms with Crippen LogP contribution in [0.5, 0.6) is 0 Å². The first-order valence-corrected chi connectivity index (χ1v) is 8.90. The first-order valence-electron chi connectivity index (χ1n) is 8.08.